The molecular weight excluding hydrogens is 254 g/mol. The van der Waals surface area contributed by atoms with Crippen LogP contribution in [0.1, 0.15) is 45.4 Å². The molecule has 1 aliphatic carbocycles. The van der Waals surface area contributed by atoms with Gasteiger partial charge in [-0.2, -0.15) is 0 Å². The molecule has 1 saturated carbocycles. The van der Waals surface area contributed by atoms with Crippen molar-refractivity contribution in [1.29, 1.82) is 0 Å². The predicted molar refractivity (Wildman–Crippen MR) is 76.4 cm³/mol. The van der Waals surface area contributed by atoms with E-state index in [9.17, 15) is 4.79 Å². The molecule has 0 radical (unpaired) electrons. The van der Waals surface area contributed by atoms with Crippen LogP contribution in [-0.4, -0.2) is 49.3 Å². The molecule has 4 heteroatoms. The fraction of sp³-hybridized carbons (Fsp3) is 0.938. The van der Waals surface area contributed by atoms with Crippen LogP contribution in [0.3, 0.4) is 0 Å². The molecule has 4 nitrogen and oxygen atoms in total. The fourth-order valence-electron chi connectivity index (χ4n) is 3.71. The first-order valence-electron chi connectivity index (χ1n) is 8.23. The number of hydrogen-bond donors (Lipinski definition) is 0. The van der Waals surface area contributed by atoms with Gasteiger partial charge in [-0.05, 0) is 44.9 Å². The molecule has 1 amide bonds. The van der Waals surface area contributed by atoms with Gasteiger partial charge >= 0.3 is 0 Å². The second-order valence-electron chi connectivity index (χ2n) is 6.70. The molecule has 3 rings (SSSR count). The van der Waals surface area contributed by atoms with Crippen LogP contribution < -0.4 is 0 Å². The average Bonchev–Trinajstić information content (AvgIpc) is 2.34. The van der Waals surface area contributed by atoms with Crippen molar-refractivity contribution in [2.75, 3.05) is 32.9 Å². The Morgan fingerprint density at radius 3 is 2.80 bits per heavy atom. The summed E-state index contributed by atoms with van der Waals surface area (Å²) in [5, 5.41) is 0. The van der Waals surface area contributed by atoms with Crippen LogP contribution in [0.5, 0.6) is 0 Å². The van der Waals surface area contributed by atoms with E-state index >= 15 is 0 Å². The molecular formula is C16H27NO3. The Kier molecular flexibility index (Phi) is 4.32. The van der Waals surface area contributed by atoms with Crippen molar-refractivity contribution in [3.8, 4) is 0 Å². The molecule has 2 saturated heterocycles. The number of hydrogen-bond acceptors (Lipinski definition) is 3. The molecule has 0 aromatic carbocycles. The van der Waals surface area contributed by atoms with E-state index in [4.69, 9.17) is 9.47 Å². The van der Waals surface area contributed by atoms with Gasteiger partial charge in [0.2, 0.25) is 5.91 Å². The minimum atomic E-state index is -0.0193. The van der Waals surface area contributed by atoms with Crippen molar-refractivity contribution in [3.63, 3.8) is 0 Å². The minimum Gasteiger partial charge on any atom is -0.382 e. The predicted octanol–water partition coefficient (Wildman–Crippen LogP) is 2.22. The zero-order valence-corrected chi connectivity index (χ0v) is 12.6. The van der Waals surface area contributed by atoms with Crippen molar-refractivity contribution in [1.82, 2.24) is 4.90 Å². The molecule has 20 heavy (non-hydrogen) atoms. The van der Waals surface area contributed by atoms with E-state index in [1.54, 1.807) is 0 Å². The molecule has 1 spiro atoms. The highest BCUT2D eigenvalue weighted by Crippen LogP contribution is 2.40. The maximum absolute atomic E-state index is 12.2. The second-order valence-corrected chi connectivity index (χ2v) is 6.70. The van der Waals surface area contributed by atoms with Gasteiger partial charge in [-0.25, -0.2) is 0 Å². The Bertz CT molecular complexity index is 348. The number of nitrogens with zero attached hydrogens (tertiary/aromatic N) is 1. The van der Waals surface area contributed by atoms with E-state index in [1.807, 2.05) is 11.8 Å². The summed E-state index contributed by atoms with van der Waals surface area (Å²) in [6.45, 7) is 6.21. The fourth-order valence-corrected chi connectivity index (χ4v) is 3.71. The van der Waals surface area contributed by atoms with E-state index in [1.165, 1.54) is 6.42 Å². The maximum atomic E-state index is 12.2. The number of carbonyl (C=O) groups is 1. The van der Waals surface area contributed by atoms with Gasteiger partial charge in [0.05, 0.1) is 13.1 Å². The van der Waals surface area contributed by atoms with Crippen LogP contribution in [0, 0.1) is 11.8 Å². The molecule has 114 valence electrons. The Hall–Kier alpha value is -0.610. The monoisotopic (exact) mass is 281 g/mol. The number of amides is 1. The van der Waals surface area contributed by atoms with Crippen molar-refractivity contribution in [2.45, 2.75) is 51.0 Å². The molecule has 1 atom stereocenters. The Balaban J connectivity index is 1.44. The van der Waals surface area contributed by atoms with Crippen molar-refractivity contribution >= 4 is 5.91 Å². The number of carbonyl (C=O) groups excluding carboxylic acids is 1. The Labute approximate surface area is 121 Å². The van der Waals surface area contributed by atoms with Crippen molar-refractivity contribution in [2.24, 2.45) is 11.8 Å². The van der Waals surface area contributed by atoms with Crippen LogP contribution in [-0.2, 0) is 14.3 Å². The molecule has 0 aromatic heterocycles. The van der Waals surface area contributed by atoms with Crippen LogP contribution in [0.25, 0.3) is 0 Å². The summed E-state index contributed by atoms with van der Waals surface area (Å²) in [7, 11) is 0. The molecule has 0 N–H and O–H groups in total. The maximum Gasteiger partial charge on any atom is 0.225 e. The largest absolute Gasteiger partial charge is 0.382 e. The lowest BCUT2D eigenvalue weighted by Crippen LogP contribution is -2.67. The average molecular weight is 281 g/mol. The quantitative estimate of drug-likeness (QED) is 0.725. The third-order valence-electron chi connectivity index (χ3n) is 5.19. The van der Waals surface area contributed by atoms with Crippen molar-refractivity contribution < 1.29 is 14.3 Å². The van der Waals surface area contributed by atoms with Gasteiger partial charge in [0.1, 0.15) is 5.60 Å². The van der Waals surface area contributed by atoms with Gasteiger partial charge in [-0.1, -0.05) is 6.42 Å². The zero-order chi connectivity index (χ0) is 14.0. The molecule has 3 aliphatic rings. The third-order valence-corrected chi connectivity index (χ3v) is 5.19. The lowest BCUT2D eigenvalue weighted by Gasteiger charge is -2.54. The van der Waals surface area contributed by atoms with Gasteiger partial charge in [0, 0.05) is 25.7 Å². The van der Waals surface area contributed by atoms with E-state index in [2.05, 4.69) is 0 Å². The third kappa shape index (κ3) is 2.86. The normalized spacial score (nSPS) is 29.1. The SMILES string of the molecule is CCOCC[C@H]1CCOC2(C1)CN(C(=O)C1CCC1)C2. The van der Waals surface area contributed by atoms with Gasteiger partial charge in [0.15, 0.2) is 0 Å². The topological polar surface area (TPSA) is 38.8 Å². The summed E-state index contributed by atoms with van der Waals surface area (Å²) in [6.07, 6.45) is 6.81. The van der Waals surface area contributed by atoms with Crippen LogP contribution in [0.4, 0.5) is 0 Å². The van der Waals surface area contributed by atoms with Gasteiger partial charge in [-0.3, -0.25) is 4.79 Å². The summed E-state index contributed by atoms with van der Waals surface area (Å²) < 4.78 is 11.5. The molecule has 2 heterocycles. The molecule has 3 fully saturated rings. The summed E-state index contributed by atoms with van der Waals surface area (Å²) >= 11 is 0. The standard InChI is InChI=1S/C16H27NO3/c1-2-19-8-6-13-7-9-20-16(10-13)11-17(12-16)15(18)14-4-3-5-14/h13-14H,2-12H2,1H3/t13-/m0/s1. The first kappa shape index (κ1) is 14.3. The summed E-state index contributed by atoms with van der Waals surface area (Å²) in [4.78, 5) is 14.2. The molecule has 0 bridgehead atoms. The highest BCUT2D eigenvalue weighted by molar-refractivity contribution is 5.80. The molecule has 0 aromatic rings. The highest BCUT2D eigenvalue weighted by Gasteiger charge is 2.50. The van der Waals surface area contributed by atoms with Crippen molar-refractivity contribution in [3.05, 3.63) is 0 Å². The minimum absolute atomic E-state index is 0.0193. The summed E-state index contributed by atoms with van der Waals surface area (Å²) in [5.41, 5.74) is -0.0193. The van der Waals surface area contributed by atoms with Crippen LogP contribution >= 0.6 is 0 Å². The smallest absolute Gasteiger partial charge is 0.225 e. The highest BCUT2D eigenvalue weighted by atomic mass is 16.5. The number of ether oxygens (including phenoxy) is 2. The van der Waals surface area contributed by atoms with E-state index in [-0.39, 0.29) is 5.60 Å². The lowest BCUT2D eigenvalue weighted by atomic mass is 9.77. The Morgan fingerprint density at radius 1 is 1.35 bits per heavy atom. The molecule has 0 unspecified atom stereocenters. The number of likely N-dealkylation sites (tertiary alicyclic amines) is 1. The van der Waals surface area contributed by atoms with Crippen LogP contribution in [0.2, 0.25) is 0 Å². The number of rotatable bonds is 5. The first-order valence-corrected chi connectivity index (χ1v) is 8.23. The van der Waals surface area contributed by atoms with E-state index in [0.717, 1.165) is 65.0 Å². The molecule has 2 aliphatic heterocycles. The Morgan fingerprint density at radius 2 is 2.15 bits per heavy atom. The van der Waals surface area contributed by atoms with Gasteiger partial charge in [0.25, 0.3) is 0 Å². The zero-order valence-electron chi connectivity index (χ0n) is 12.6. The summed E-state index contributed by atoms with van der Waals surface area (Å²) in [5.74, 6) is 1.41. The van der Waals surface area contributed by atoms with Gasteiger partial charge in [-0.15, -0.1) is 0 Å². The second kappa shape index (κ2) is 6.02. The van der Waals surface area contributed by atoms with E-state index < -0.39 is 0 Å². The van der Waals surface area contributed by atoms with Crippen LogP contribution in [0.15, 0.2) is 0 Å². The summed E-state index contributed by atoms with van der Waals surface area (Å²) in [6, 6.07) is 0. The lowest BCUT2D eigenvalue weighted by molar-refractivity contribution is -0.193. The first-order chi connectivity index (χ1) is 9.72. The van der Waals surface area contributed by atoms with E-state index in [0.29, 0.717) is 17.7 Å². The van der Waals surface area contributed by atoms with Gasteiger partial charge < -0.3 is 14.4 Å².